The van der Waals surface area contributed by atoms with Crippen LogP contribution in [0.2, 0.25) is 0 Å². The average Bonchev–Trinajstić information content (AvgIpc) is 3.74. The predicted molar refractivity (Wildman–Crippen MR) is 211 cm³/mol. The third kappa shape index (κ3) is 14.0. The molecule has 0 radical (unpaired) electrons. The topological polar surface area (TPSA) is 208 Å². The van der Waals surface area contributed by atoms with Crippen LogP contribution >= 0.6 is 7.82 Å². The molecule has 15 nitrogen and oxygen atoms in total. The molecule has 0 bridgehead atoms. The molecule has 1 aromatic carbocycles. The van der Waals surface area contributed by atoms with Gasteiger partial charge in [-0.3, -0.25) is 9.05 Å². The highest BCUT2D eigenvalue weighted by Gasteiger charge is 2.58. The zero-order chi connectivity index (χ0) is 41.1. The van der Waals surface area contributed by atoms with Crippen LogP contribution in [0.3, 0.4) is 0 Å². The molecule has 314 valence electrons. The number of aliphatic hydroxyl groups excluding tert-OH is 2. The Morgan fingerprint density at radius 3 is 2.25 bits per heavy atom. The van der Waals surface area contributed by atoms with Crippen molar-refractivity contribution in [1.82, 2.24) is 14.6 Å². The number of nitrogen functional groups attached to an aromatic ring is 1. The minimum Gasteiger partial charge on any atom is -0.487 e. The van der Waals surface area contributed by atoms with Crippen molar-refractivity contribution in [2.45, 2.75) is 140 Å². The second kappa shape index (κ2) is 23.6. The van der Waals surface area contributed by atoms with Crippen LogP contribution in [0.4, 0.5) is 15.9 Å². The van der Waals surface area contributed by atoms with Gasteiger partial charge in [0, 0.05) is 12.7 Å². The van der Waals surface area contributed by atoms with Gasteiger partial charge in [-0.2, -0.15) is 10.4 Å². The smallest absolute Gasteiger partial charge is 0.472 e. The first-order chi connectivity index (χ1) is 27.5. The lowest BCUT2D eigenvalue weighted by Gasteiger charge is -2.24. The van der Waals surface area contributed by atoms with Gasteiger partial charge in [-0.15, -0.1) is 0 Å². The van der Waals surface area contributed by atoms with Crippen molar-refractivity contribution in [2.24, 2.45) is 0 Å². The van der Waals surface area contributed by atoms with E-state index in [0.29, 0.717) is 12.1 Å². The van der Waals surface area contributed by atoms with E-state index >= 15 is 0 Å². The number of halogens is 1. The molecule has 4 rings (SSSR count). The van der Waals surface area contributed by atoms with Crippen LogP contribution in [0.1, 0.15) is 115 Å². The summed E-state index contributed by atoms with van der Waals surface area (Å²) in [4.78, 5) is 17.7. The van der Waals surface area contributed by atoms with E-state index in [-0.39, 0.29) is 29.6 Å². The van der Waals surface area contributed by atoms with E-state index in [4.69, 9.17) is 35.6 Å². The van der Waals surface area contributed by atoms with Gasteiger partial charge < -0.3 is 35.1 Å². The van der Waals surface area contributed by atoms with E-state index in [9.17, 15) is 29.3 Å². The molecule has 3 aromatic rings. The van der Waals surface area contributed by atoms with E-state index in [0.717, 1.165) is 37.7 Å². The quantitative estimate of drug-likeness (QED) is 0.0315. The molecule has 0 aliphatic carbocycles. The van der Waals surface area contributed by atoms with Crippen LogP contribution in [0.15, 0.2) is 36.7 Å². The Balaban J connectivity index is 1.20. The highest BCUT2D eigenvalue weighted by atomic mass is 31.2. The minimum atomic E-state index is -4.87. The number of rotatable bonds is 28. The van der Waals surface area contributed by atoms with Gasteiger partial charge in [-0.1, -0.05) is 103 Å². The number of hydrogen-bond donors (Lipinski definition) is 4. The number of hydrogen-bond acceptors (Lipinski definition) is 12. The number of unbranched alkanes of at least 4 members (excludes halogenated alkanes) is 15. The standard InChI is InChI=1S/C40H58FN6O9P/c1-3-4-5-6-7-8-9-10-11-12-13-14-15-16-17-18-21-52-25-33(55-32-23-30(41)22-31(24-32)44-2)26-53-57(50,51)54-27-35-37(48)38(49)40(28-42,56-35)36-20-19-34-39(43)45-29-46-47(34)36/h19-20,22-24,29,33,35,37-38,48-49H,3-18,21,25-27H2,1H3,(H,50,51)(H2,43,45,46)/t33-,35-,37-,38-,40+/m1/s1. The summed E-state index contributed by atoms with van der Waals surface area (Å²) < 4.78 is 56.2. The number of phosphoric acid groups is 1. The summed E-state index contributed by atoms with van der Waals surface area (Å²) in [6, 6.07) is 8.29. The largest absolute Gasteiger partial charge is 0.487 e. The summed E-state index contributed by atoms with van der Waals surface area (Å²) in [5.74, 6) is -0.588. The molecule has 1 saturated heterocycles. The molecule has 1 aliphatic heterocycles. The molecular formula is C40H58FN6O9P. The van der Waals surface area contributed by atoms with Crippen molar-refractivity contribution in [2.75, 3.05) is 32.2 Å². The first-order valence-corrected chi connectivity index (χ1v) is 21.6. The van der Waals surface area contributed by atoms with Gasteiger partial charge in [0.05, 0.1) is 32.1 Å². The van der Waals surface area contributed by atoms with Crippen molar-refractivity contribution < 1.29 is 47.3 Å². The van der Waals surface area contributed by atoms with Gasteiger partial charge in [-0.05, 0) is 30.7 Å². The fourth-order valence-corrected chi connectivity index (χ4v) is 7.65. The zero-order valence-corrected chi connectivity index (χ0v) is 33.7. The Morgan fingerprint density at radius 2 is 1.63 bits per heavy atom. The fraction of sp³-hybridized carbons (Fsp3) is 0.650. The molecule has 0 saturated carbocycles. The Labute approximate surface area is 334 Å². The van der Waals surface area contributed by atoms with Crippen LogP contribution in [0, 0.1) is 23.7 Å². The van der Waals surface area contributed by atoms with Crippen molar-refractivity contribution in [1.29, 1.82) is 5.26 Å². The normalized spacial score (nSPS) is 20.9. The number of nitrogens with two attached hydrogens (primary N) is 1. The lowest BCUT2D eigenvalue weighted by Crippen LogP contribution is -2.41. The Kier molecular flexibility index (Phi) is 19.1. The molecule has 0 spiro atoms. The molecule has 1 fully saturated rings. The fourth-order valence-electron chi connectivity index (χ4n) is 6.89. The lowest BCUT2D eigenvalue weighted by atomic mass is 9.92. The van der Waals surface area contributed by atoms with Gasteiger partial charge in [0.15, 0.2) is 11.5 Å². The number of benzene rings is 1. The van der Waals surface area contributed by atoms with E-state index in [1.54, 1.807) is 0 Å². The molecule has 0 amide bonds. The number of fused-ring (bicyclic) bond motifs is 1. The first-order valence-electron chi connectivity index (χ1n) is 20.1. The third-order valence-corrected chi connectivity index (χ3v) is 11.0. The van der Waals surface area contributed by atoms with E-state index in [2.05, 4.69) is 21.9 Å². The zero-order valence-electron chi connectivity index (χ0n) is 32.8. The van der Waals surface area contributed by atoms with Gasteiger partial charge in [0.2, 0.25) is 5.60 Å². The number of aliphatic hydroxyl groups is 2. The first kappa shape index (κ1) is 46.0. The predicted octanol–water partition coefficient (Wildman–Crippen LogP) is 7.70. The Morgan fingerprint density at radius 1 is 1.00 bits per heavy atom. The van der Waals surface area contributed by atoms with Crippen molar-refractivity contribution in [3.05, 3.63) is 59.6 Å². The second-order valence-corrected chi connectivity index (χ2v) is 16.0. The number of phosphoric ester groups is 1. The maximum absolute atomic E-state index is 14.2. The molecule has 5 N–H and O–H groups in total. The van der Waals surface area contributed by atoms with Gasteiger partial charge >= 0.3 is 7.82 Å². The summed E-state index contributed by atoms with van der Waals surface area (Å²) in [5, 5.41) is 35.9. The highest BCUT2D eigenvalue weighted by molar-refractivity contribution is 7.47. The Hall–Kier alpha value is -3.70. The Bertz CT molecular complexity index is 1800. The molecular weight excluding hydrogens is 758 g/mol. The van der Waals surface area contributed by atoms with Crippen molar-refractivity contribution >= 4 is 24.8 Å². The molecule has 1 aliphatic rings. The van der Waals surface area contributed by atoms with Crippen LogP contribution in [-0.2, 0) is 28.7 Å². The number of nitriles is 1. The third-order valence-electron chi connectivity index (χ3n) is 10.0. The monoisotopic (exact) mass is 816 g/mol. The summed E-state index contributed by atoms with van der Waals surface area (Å²) in [6.07, 6.45) is 15.1. The molecule has 57 heavy (non-hydrogen) atoms. The molecule has 17 heteroatoms. The number of aromatic nitrogens is 3. The van der Waals surface area contributed by atoms with E-state index in [1.165, 1.54) is 106 Å². The maximum Gasteiger partial charge on any atom is 0.472 e. The summed E-state index contributed by atoms with van der Waals surface area (Å²) in [7, 11) is -4.87. The average molecular weight is 817 g/mol. The maximum atomic E-state index is 14.2. The number of ether oxygens (including phenoxy) is 3. The highest BCUT2D eigenvalue weighted by Crippen LogP contribution is 2.46. The number of anilines is 1. The van der Waals surface area contributed by atoms with Crippen LogP contribution in [0.25, 0.3) is 10.4 Å². The summed E-state index contributed by atoms with van der Waals surface area (Å²) in [5.41, 5.74) is 4.13. The van der Waals surface area contributed by atoms with E-state index in [1.807, 2.05) is 6.07 Å². The van der Waals surface area contributed by atoms with E-state index < -0.39 is 56.9 Å². The van der Waals surface area contributed by atoms with Crippen LogP contribution < -0.4 is 10.5 Å². The summed E-state index contributed by atoms with van der Waals surface area (Å²) in [6.45, 7) is 8.51. The van der Waals surface area contributed by atoms with Crippen LogP contribution in [-0.4, -0.2) is 80.5 Å². The van der Waals surface area contributed by atoms with Gasteiger partial charge in [-0.25, -0.2) is 23.3 Å². The molecule has 1 unspecified atom stereocenters. The number of nitrogens with zero attached hydrogens (tertiary/aromatic N) is 5. The van der Waals surface area contributed by atoms with Gasteiger partial charge in [0.25, 0.3) is 0 Å². The van der Waals surface area contributed by atoms with Crippen molar-refractivity contribution in [3.8, 4) is 11.8 Å². The molecule has 6 atom stereocenters. The minimum absolute atomic E-state index is 0.00328. The van der Waals surface area contributed by atoms with Crippen LogP contribution in [0.5, 0.6) is 5.75 Å². The van der Waals surface area contributed by atoms with Gasteiger partial charge in [0.1, 0.15) is 53.9 Å². The molecule has 2 aromatic heterocycles. The second-order valence-electron chi connectivity index (χ2n) is 14.5. The summed E-state index contributed by atoms with van der Waals surface area (Å²) >= 11 is 0. The van der Waals surface area contributed by atoms with Crippen molar-refractivity contribution in [3.63, 3.8) is 0 Å². The molecule has 3 heterocycles. The lowest BCUT2D eigenvalue weighted by molar-refractivity contribution is -0.0651. The SMILES string of the molecule is [C-]#[N+]c1cc(F)cc(O[C@H](COCCCCCCCCCCCCCCCCCC)COP(=O)(O)OC[C@H]2O[C@@](C#N)(c3ccc4c(N)ncnn34)[C@H](O)[C@@H]2O)c1.